The van der Waals surface area contributed by atoms with E-state index in [0.717, 1.165) is 25.2 Å². The summed E-state index contributed by atoms with van der Waals surface area (Å²) in [6.07, 6.45) is 7.82. The number of methoxy groups -OCH3 is 1. The first kappa shape index (κ1) is 20.2. The monoisotopic (exact) mass is 391 g/mol. The van der Waals surface area contributed by atoms with Crippen LogP contribution in [0.2, 0.25) is 0 Å². The lowest BCUT2D eigenvalue weighted by Crippen LogP contribution is -2.61. The van der Waals surface area contributed by atoms with E-state index in [9.17, 15) is 9.59 Å². The Balaban J connectivity index is 1.56. The molecule has 0 aromatic carbocycles. The molecular weight excluding hydrogens is 354 g/mol. The number of rotatable bonds is 3. The first-order valence-electron chi connectivity index (χ1n) is 11.2. The number of carbonyl (C=O) groups is 2. The number of nitrogens with zero attached hydrogens (tertiary/aromatic N) is 1. The summed E-state index contributed by atoms with van der Waals surface area (Å²) in [4.78, 5) is 26.0. The van der Waals surface area contributed by atoms with Crippen LogP contribution in [0.3, 0.4) is 0 Å². The number of ether oxygens (including phenoxy) is 2. The Bertz CT molecular complexity index is 651. The maximum atomic E-state index is 12.3. The van der Waals surface area contributed by atoms with Gasteiger partial charge in [0.15, 0.2) is 0 Å². The fraction of sp³-hybridized carbons (Fsp3) is 0.913. The van der Waals surface area contributed by atoms with E-state index in [0.29, 0.717) is 36.1 Å². The second kappa shape index (κ2) is 7.00. The molecule has 4 fully saturated rings. The minimum Gasteiger partial charge on any atom is -0.467 e. The summed E-state index contributed by atoms with van der Waals surface area (Å²) in [7, 11) is 3.44. The molecule has 0 N–H and O–H groups in total. The first-order chi connectivity index (χ1) is 13.2. The van der Waals surface area contributed by atoms with Crippen LogP contribution in [-0.4, -0.2) is 49.7 Å². The van der Waals surface area contributed by atoms with Crippen molar-refractivity contribution in [1.29, 1.82) is 0 Å². The van der Waals surface area contributed by atoms with Crippen LogP contribution in [0.4, 0.5) is 0 Å². The third-order valence-electron chi connectivity index (χ3n) is 9.40. The van der Waals surface area contributed by atoms with Crippen molar-refractivity contribution in [3.05, 3.63) is 0 Å². The van der Waals surface area contributed by atoms with Crippen molar-refractivity contribution in [1.82, 2.24) is 4.90 Å². The van der Waals surface area contributed by atoms with E-state index in [4.69, 9.17) is 9.47 Å². The molecule has 4 rings (SSSR count). The Kier molecular flexibility index (Phi) is 5.05. The van der Waals surface area contributed by atoms with Gasteiger partial charge in [0.25, 0.3) is 0 Å². The summed E-state index contributed by atoms with van der Waals surface area (Å²) < 4.78 is 11.0. The van der Waals surface area contributed by atoms with Gasteiger partial charge in [-0.1, -0.05) is 20.8 Å². The zero-order valence-electron chi connectivity index (χ0n) is 18.2. The van der Waals surface area contributed by atoms with E-state index in [1.54, 1.807) is 0 Å². The number of carbonyl (C=O) groups excluding carboxylic acids is 2. The second-order valence-electron chi connectivity index (χ2n) is 10.5. The minimum absolute atomic E-state index is 0.0641. The van der Waals surface area contributed by atoms with Crippen LogP contribution in [0.5, 0.6) is 0 Å². The van der Waals surface area contributed by atoms with E-state index in [1.165, 1.54) is 26.4 Å². The molecule has 1 amide bonds. The smallest absolute Gasteiger partial charge is 0.331 e. The van der Waals surface area contributed by atoms with Gasteiger partial charge in [0, 0.05) is 19.5 Å². The Morgan fingerprint density at radius 3 is 2.61 bits per heavy atom. The summed E-state index contributed by atoms with van der Waals surface area (Å²) in [6.45, 7) is 7.23. The van der Waals surface area contributed by atoms with Gasteiger partial charge in [-0.05, 0) is 73.0 Å². The summed E-state index contributed by atoms with van der Waals surface area (Å²) in [5.41, 5.74) is 0.398. The van der Waals surface area contributed by atoms with Gasteiger partial charge in [0.1, 0.15) is 6.61 Å². The topological polar surface area (TPSA) is 55.8 Å². The molecule has 0 unspecified atom stereocenters. The number of amides is 1. The van der Waals surface area contributed by atoms with E-state index < -0.39 is 0 Å². The maximum Gasteiger partial charge on any atom is 0.331 e. The third-order valence-corrected chi connectivity index (χ3v) is 9.40. The molecule has 1 heterocycles. The molecule has 0 radical (unpaired) electrons. The van der Waals surface area contributed by atoms with Crippen LogP contribution in [0.25, 0.3) is 0 Å². The average molecular weight is 392 g/mol. The lowest BCUT2D eigenvalue weighted by molar-refractivity contribution is -0.166. The van der Waals surface area contributed by atoms with Crippen molar-refractivity contribution in [3.63, 3.8) is 0 Å². The quantitative estimate of drug-likeness (QED) is 0.689. The molecule has 0 spiro atoms. The standard InChI is InChI=1S/C23H37NO4/c1-14-12-17-15-6-7-18-22(2,11-9-19(25)24(18)4)16(15)8-10-23(17,3)21(14)28-13-20(26)27-5/h14-18,21H,6-13H2,1-5H3/t14-,15+,16-,17-,18+,21-,22+,23-/m0/s1. The summed E-state index contributed by atoms with van der Waals surface area (Å²) in [5, 5.41) is 0. The van der Waals surface area contributed by atoms with Gasteiger partial charge in [-0.25, -0.2) is 4.79 Å². The number of likely N-dealkylation sites (tertiary alicyclic amines) is 1. The van der Waals surface area contributed by atoms with E-state index >= 15 is 0 Å². The first-order valence-corrected chi connectivity index (χ1v) is 11.2. The van der Waals surface area contributed by atoms with Crippen LogP contribution in [-0.2, 0) is 19.1 Å². The molecule has 0 aromatic rings. The lowest BCUT2D eigenvalue weighted by Gasteiger charge is -2.61. The third kappa shape index (κ3) is 2.83. The molecule has 3 saturated carbocycles. The van der Waals surface area contributed by atoms with Crippen molar-refractivity contribution < 1.29 is 19.1 Å². The second-order valence-corrected chi connectivity index (χ2v) is 10.5. The minimum atomic E-state index is -0.282. The Morgan fingerprint density at radius 1 is 1.14 bits per heavy atom. The van der Waals surface area contributed by atoms with Gasteiger partial charge in [-0.15, -0.1) is 0 Å². The zero-order valence-corrected chi connectivity index (χ0v) is 18.2. The van der Waals surface area contributed by atoms with Gasteiger partial charge in [-0.2, -0.15) is 0 Å². The Labute approximate surface area is 169 Å². The van der Waals surface area contributed by atoms with E-state index in [1.807, 2.05) is 7.05 Å². The van der Waals surface area contributed by atoms with E-state index in [-0.39, 0.29) is 29.5 Å². The molecule has 3 aliphatic carbocycles. The Hall–Kier alpha value is -1.10. The van der Waals surface area contributed by atoms with Gasteiger partial charge in [-0.3, -0.25) is 4.79 Å². The summed E-state index contributed by atoms with van der Waals surface area (Å²) in [6, 6.07) is 0.407. The van der Waals surface area contributed by atoms with Gasteiger partial charge in [0.2, 0.25) is 5.91 Å². The van der Waals surface area contributed by atoms with Crippen LogP contribution in [0.1, 0.15) is 65.7 Å². The number of esters is 1. The summed E-state index contributed by atoms with van der Waals surface area (Å²) >= 11 is 0. The number of hydrogen-bond donors (Lipinski definition) is 0. The predicted octanol–water partition coefficient (Wildman–Crippen LogP) is 3.65. The van der Waals surface area contributed by atoms with Crippen LogP contribution in [0, 0.1) is 34.5 Å². The molecule has 0 aromatic heterocycles. The highest BCUT2D eigenvalue weighted by molar-refractivity contribution is 5.77. The van der Waals surface area contributed by atoms with Gasteiger partial charge >= 0.3 is 5.97 Å². The van der Waals surface area contributed by atoms with Crippen LogP contribution >= 0.6 is 0 Å². The molecule has 158 valence electrons. The van der Waals surface area contributed by atoms with Crippen LogP contribution in [0.15, 0.2) is 0 Å². The SMILES string of the molecule is COC(=O)CO[C@H]1[C@@H](C)C[C@H]2[C@@H]3CC[C@H]4N(C)C(=O)CC[C@]4(C)[C@H]3CC[C@@]21C. The highest BCUT2D eigenvalue weighted by Crippen LogP contribution is 2.66. The number of fused-ring (bicyclic) bond motifs is 5. The number of hydrogen-bond acceptors (Lipinski definition) is 4. The average Bonchev–Trinajstić information content (AvgIpc) is 2.93. The van der Waals surface area contributed by atoms with Gasteiger partial charge < -0.3 is 14.4 Å². The largest absolute Gasteiger partial charge is 0.467 e. The van der Waals surface area contributed by atoms with Gasteiger partial charge in [0.05, 0.1) is 13.2 Å². The van der Waals surface area contributed by atoms with Crippen molar-refractivity contribution >= 4 is 11.9 Å². The molecule has 8 atom stereocenters. The molecule has 0 bridgehead atoms. The summed E-state index contributed by atoms with van der Waals surface area (Å²) in [5.74, 6) is 2.59. The highest BCUT2D eigenvalue weighted by atomic mass is 16.6. The number of piperidine rings is 1. The molecule has 1 aliphatic heterocycles. The van der Waals surface area contributed by atoms with Crippen LogP contribution < -0.4 is 0 Å². The molecule has 4 aliphatic rings. The predicted molar refractivity (Wildman–Crippen MR) is 106 cm³/mol. The molecular formula is C23H37NO4. The highest BCUT2D eigenvalue weighted by Gasteiger charge is 2.62. The van der Waals surface area contributed by atoms with Crippen molar-refractivity contribution in [3.8, 4) is 0 Å². The normalized spacial score (nSPS) is 47.9. The lowest BCUT2D eigenvalue weighted by atomic mass is 9.47. The van der Waals surface area contributed by atoms with Crippen molar-refractivity contribution in [2.24, 2.45) is 34.5 Å². The maximum absolute atomic E-state index is 12.3. The van der Waals surface area contributed by atoms with Crippen molar-refractivity contribution in [2.45, 2.75) is 77.9 Å². The molecule has 28 heavy (non-hydrogen) atoms. The zero-order chi connectivity index (χ0) is 20.3. The molecule has 5 heteroatoms. The fourth-order valence-corrected chi connectivity index (χ4v) is 8.04. The van der Waals surface area contributed by atoms with E-state index in [2.05, 4.69) is 25.7 Å². The fourth-order valence-electron chi connectivity index (χ4n) is 8.04. The van der Waals surface area contributed by atoms with Crippen molar-refractivity contribution in [2.75, 3.05) is 20.8 Å². The Morgan fingerprint density at radius 2 is 1.89 bits per heavy atom. The molecule has 1 saturated heterocycles. The molecule has 5 nitrogen and oxygen atoms in total.